The van der Waals surface area contributed by atoms with Crippen molar-refractivity contribution in [1.29, 1.82) is 0 Å². The summed E-state index contributed by atoms with van der Waals surface area (Å²) in [6.45, 7) is 5.39. The fraction of sp³-hybridized carbons (Fsp3) is 1.00. The molecule has 0 aliphatic carbocycles. The Hall–Kier alpha value is 0.150. The summed E-state index contributed by atoms with van der Waals surface area (Å²) in [4.78, 5) is 0. The smallest absolute Gasteiger partial charge is 0.0989 e. The molecule has 0 radical (unpaired) electrons. The molecule has 3 saturated heterocycles. The molecule has 104 valence electrons. The van der Waals surface area contributed by atoms with Gasteiger partial charge in [-0.3, -0.25) is 0 Å². The van der Waals surface area contributed by atoms with Crippen molar-refractivity contribution >= 4 is 11.8 Å². The van der Waals surface area contributed by atoms with Crippen molar-refractivity contribution in [2.45, 2.75) is 23.5 Å². The standard InChI is InChI=1S/C12H21NO4S/c1-2-14-5-9(13-1)10-6-16-7-11(17-10)12-8-15-3-4-18-12/h9-13H,1-8H2. The second-order valence-corrected chi connectivity index (χ2v) is 6.22. The van der Waals surface area contributed by atoms with E-state index in [9.17, 15) is 0 Å². The Balaban J connectivity index is 1.53. The van der Waals surface area contributed by atoms with Gasteiger partial charge in [-0.15, -0.1) is 0 Å². The summed E-state index contributed by atoms with van der Waals surface area (Å²) in [6, 6.07) is 0.260. The van der Waals surface area contributed by atoms with Crippen LogP contribution < -0.4 is 5.32 Å². The number of hydrogen-bond acceptors (Lipinski definition) is 6. The molecule has 3 heterocycles. The van der Waals surface area contributed by atoms with Crippen LogP contribution in [0.15, 0.2) is 0 Å². The number of morpholine rings is 1. The van der Waals surface area contributed by atoms with Crippen LogP contribution in [0.5, 0.6) is 0 Å². The van der Waals surface area contributed by atoms with Crippen LogP contribution in [0.25, 0.3) is 0 Å². The monoisotopic (exact) mass is 275 g/mol. The minimum Gasteiger partial charge on any atom is -0.379 e. The first-order valence-electron chi connectivity index (χ1n) is 6.67. The topological polar surface area (TPSA) is 49.0 Å². The molecule has 5 nitrogen and oxygen atoms in total. The Bertz CT molecular complexity index is 232. The minimum atomic E-state index is 0.103. The van der Waals surface area contributed by atoms with E-state index >= 15 is 0 Å². The van der Waals surface area contributed by atoms with Crippen molar-refractivity contribution in [2.75, 3.05) is 51.9 Å². The van der Waals surface area contributed by atoms with Crippen LogP contribution in [-0.4, -0.2) is 75.4 Å². The van der Waals surface area contributed by atoms with Gasteiger partial charge in [-0.25, -0.2) is 0 Å². The van der Waals surface area contributed by atoms with Crippen LogP contribution in [-0.2, 0) is 18.9 Å². The van der Waals surface area contributed by atoms with E-state index in [4.69, 9.17) is 18.9 Å². The summed E-state index contributed by atoms with van der Waals surface area (Å²) in [5, 5.41) is 3.85. The van der Waals surface area contributed by atoms with E-state index < -0.39 is 0 Å². The van der Waals surface area contributed by atoms with E-state index in [1.807, 2.05) is 11.8 Å². The maximum atomic E-state index is 6.20. The molecule has 6 heteroatoms. The molecule has 0 aromatic rings. The average Bonchev–Trinajstić information content (AvgIpc) is 2.49. The summed E-state index contributed by atoms with van der Waals surface area (Å²) in [7, 11) is 0. The van der Waals surface area contributed by atoms with E-state index in [1.165, 1.54) is 0 Å². The van der Waals surface area contributed by atoms with Crippen molar-refractivity contribution in [3.63, 3.8) is 0 Å². The molecule has 4 atom stereocenters. The fourth-order valence-electron chi connectivity index (χ4n) is 2.55. The first-order chi connectivity index (χ1) is 8.93. The van der Waals surface area contributed by atoms with Crippen LogP contribution in [0.1, 0.15) is 0 Å². The van der Waals surface area contributed by atoms with Gasteiger partial charge in [0.1, 0.15) is 0 Å². The van der Waals surface area contributed by atoms with Gasteiger partial charge in [0.15, 0.2) is 0 Å². The van der Waals surface area contributed by atoms with Gasteiger partial charge >= 0.3 is 0 Å². The normalized spacial score (nSPS) is 42.7. The zero-order valence-corrected chi connectivity index (χ0v) is 11.3. The molecule has 3 rings (SSSR count). The van der Waals surface area contributed by atoms with Crippen LogP contribution >= 0.6 is 11.8 Å². The Morgan fingerprint density at radius 2 is 1.78 bits per heavy atom. The summed E-state index contributed by atoms with van der Waals surface area (Å²) in [6.07, 6.45) is 0.254. The molecule has 1 N–H and O–H groups in total. The molecule has 3 fully saturated rings. The van der Waals surface area contributed by atoms with Crippen LogP contribution in [0.2, 0.25) is 0 Å². The third-order valence-electron chi connectivity index (χ3n) is 3.57. The lowest BCUT2D eigenvalue weighted by Crippen LogP contribution is -2.56. The highest BCUT2D eigenvalue weighted by atomic mass is 32.2. The van der Waals surface area contributed by atoms with E-state index in [2.05, 4.69) is 5.32 Å². The van der Waals surface area contributed by atoms with E-state index in [1.54, 1.807) is 0 Å². The van der Waals surface area contributed by atoms with Crippen molar-refractivity contribution in [2.24, 2.45) is 0 Å². The van der Waals surface area contributed by atoms with E-state index in [0.29, 0.717) is 18.5 Å². The van der Waals surface area contributed by atoms with Crippen LogP contribution in [0.3, 0.4) is 0 Å². The van der Waals surface area contributed by atoms with E-state index in [-0.39, 0.29) is 18.2 Å². The van der Waals surface area contributed by atoms with Crippen molar-refractivity contribution < 1.29 is 18.9 Å². The molecule has 0 bridgehead atoms. The number of rotatable bonds is 2. The molecule has 0 spiro atoms. The molecule has 0 aromatic heterocycles. The Labute approximate surface area is 112 Å². The van der Waals surface area contributed by atoms with Crippen molar-refractivity contribution in [3.05, 3.63) is 0 Å². The summed E-state index contributed by atoms with van der Waals surface area (Å²) < 4.78 is 22.9. The quantitative estimate of drug-likeness (QED) is 0.759. The Morgan fingerprint density at radius 1 is 0.889 bits per heavy atom. The molecule has 0 amide bonds. The molecule has 18 heavy (non-hydrogen) atoms. The average molecular weight is 275 g/mol. The first kappa shape index (κ1) is 13.1. The van der Waals surface area contributed by atoms with Gasteiger partial charge in [0.05, 0.1) is 63.1 Å². The van der Waals surface area contributed by atoms with Gasteiger partial charge in [-0.05, 0) is 0 Å². The summed E-state index contributed by atoms with van der Waals surface area (Å²) in [5.41, 5.74) is 0. The summed E-state index contributed by atoms with van der Waals surface area (Å²) >= 11 is 1.94. The Kier molecular flexibility index (Phi) is 4.78. The highest BCUT2D eigenvalue weighted by molar-refractivity contribution is 8.00. The molecule has 4 unspecified atom stereocenters. The van der Waals surface area contributed by atoms with Gasteiger partial charge in [0.25, 0.3) is 0 Å². The molecule has 3 aliphatic heterocycles. The zero-order chi connectivity index (χ0) is 12.2. The lowest BCUT2D eigenvalue weighted by atomic mass is 10.1. The predicted molar refractivity (Wildman–Crippen MR) is 69.2 cm³/mol. The van der Waals surface area contributed by atoms with Crippen molar-refractivity contribution in [3.8, 4) is 0 Å². The molecule has 0 aromatic carbocycles. The summed E-state index contributed by atoms with van der Waals surface area (Å²) in [5.74, 6) is 1.06. The first-order valence-corrected chi connectivity index (χ1v) is 7.72. The van der Waals surface area contributed by atoms with Gasteiger partial charge in [-0.1, -0.05) is 0 Å². The zero-order valence-electron chi connectivity index (χ0n) is 10.5. The van der Waals surface area contributed by atoms with Gasteiger partial charge in [-0.2, -0.15) is 11.8 Å². The third kappa shape index (κ3) is 3.18. The highest BCUT2D eigenvalue weighted by Crippen LogP contribution is 2.25. The van der Waals surface area contributed by atoms with Crippen LogP contribution in [0, 0.1) is 0 Å². The largest absolute Gasteiger partial charge is 0.379 e. The maximum absolute atomic E-state index is 6.20. The van der Waals surface area contributed by atoms with Crippen molar-refractivity contribution in [1.82, 2.24) is 5.32 Å². The number of nitrogens with one attached hydrogen (secondary N) is 1. The Morgan fingerprint density at radius 3 is 2.56 bits per heavy atom. The lowest BCUT2D eigenvalue weighted by molar-refractivity contribution is -0.161. The molecular formula is C12H21NO4S. The maximum Gasteiger partial charge on any atom is 0.0989 e. The second kappa shape index (κ2) is 6.54. The molecule has 3 aliphatic rings. The fourth-order valence-corrected chi connectivity index (χ4v) is 3.62. The highest BCUT2D eigenvalue weighted by Gasteiger charge is 2.35. The van der Waals surface area contributed by atoms with Gasteiger partial charge < -0.3 is 24.3 Å². The molecule has 0 saturated carbocycles. The minimum absolute atomic E-state index is 0.103. The number of thioether (sulfide) groups is 1. The number of hydrogen-bond donors (Lipinski definition) is 1. The van der Waals surface area contributed by atoms with E-state index in [0.717, 1.165) is 38.7 Å². The molecular weight excluding hydrogens is 254 g/mol. The predicted octanol–water partition coefficient (Wildman–Crippen LogP) is -0.109. The lowest BCUT2D eigenvalue weighted by Gasteiger charge is -2.40. The SMILES string of the molecule is C1COCC(C2COCC(C3COCCS3)O2)N1. The van der Waals surface area contributed by atoms with Crippen LogP contribution in [0.4, 0.5) is 0 Å². The van der Waals surface area contributed by atoms with Gasteiger partial charge in [0, 0.05) is 12.3 Å². The number of ether oxygens (including phenoxy) is 4. The third-order valence-corrected chi connectivity index (χ3v) is 4.84. The second-order valence-electron chi connectivity index (χ2n) is 4.87. The van der Waals surface area contributed by atoms with Gasteiger partial charge in [0.2, 0.25) is 0 Å².